The number of piperidine rings is 1. The van der Waals surface area contributed by atoms with Gasteiger partial charge in [-0.3, -0.25) is 0 Å². The van der Waals surface area contributed by atoms with Crippen LogP contribution < -0.4 is 9.47 Å². The van der Waals surface area contributed by atoms with Crippen molar-refractivity contribution in [2.75, 3.05) is 13.3 Å². The molecule has 1 saturated heterocycles. The van der Waals surface area contributed by atoms with Gasteiger partial charge in [0.25, 0.3) is 0 Å². The van der Waals surface area contributed by atoms with Gasteiger partial charge in [-0.15, -0.1) is 0 Å². The highest BCUT2D eigenvalue weighted by atomic mass is 16.7. The van der Waals surface area contributed by atoms with E-state index in [9.17, 15) is 4.79 Å². The van der Waals surface area contributed by atoms with Gasteiger partial charge in [-0.2, -0.15) is 0 Å². The van der Waals surface area contributed by atoms with E-state index in [1.54, 1.807) is 0 Å². The van der Waals surface area contributed by atoms with E-state index in [0.29, 0.717) is 12.7 Å². The second-order valence-electron chi connectivity index (χ2n) is 7.99. The van der Waals surface area contributed by atoms with Gasteiger partial charge in [-0.05, 0) is 64.0 Å². The van der Waals surface area contributed by atoms with Crippen LogP contribution in [0.25, 0.3) is 0 Å². The zero-order valence-electron chi connectivity index (χ0n) is 14.6. The predicted octanol–water partition coefficient (Wildman–Crippen LogP) is 3.53. The molecule has 0 spiro atoms. The molecule has 4 rings (SSSR count). The Hall–Kier alpha value is -1.91. The highest BCUT2D eigenvalue weighted by Crippen LogP contribution is 2.44. The molecule has 2 atom stereocenters. The topological polar surface area (TPSA) is 48.0 Å². The fraction of sp³-hybridized carbons (Fsp3) is 0.632. The van der Waals surface area contributed by atoms with Crippen molar-refractivity contribution < 1.29 is 19.0 Å². The lowest BCUT2D eigenvalue weighted by atomic mass is 9.75. The second kappa shape index (κ2) is 5.57. The molecule has 1 aromatic carbocycles. The third-order valence-electron chi connectivity index (χ3n) is 5.18. The van der Waals surface area contributed by atoms with Gasteiger partial charge in [0.05, 0.1) is 0 Å². The fourth-order valence-corrected chi connectivity index (χ4v) is 4.17. The summed E-state index contributed by atoms with van der Waals surface area (Å²) < 4.78 is 16.8. The van der Waals surface area contributed by atoms with E-state index < -0.39 is 5.60 Å². The first-order valence-corrected chi connectivity index (χ1v) is 8.82. The molecule has 1 amide bonds. The normalized spacial score (nSPS) is 25.0. The lowest BCUT2D eigenvalue weighted by Gasteiger charge is -2.44. The molecule has 1 aliphatic carbocycles. The Kier molecular flexibility index (Phi) is 3.62. The number of fused-ring (bicyclic) bond motifs is 4. The summed E-state index contributed by atoms with van der Waals surface area (Å²) in [4.78, 5) is 14.6. The molecule has 1 aromatic rings. The lowest BCUT2D eigenvalue weighted by Crippen LogP contribution is -2.53. The number of benzene rings is 1. The third kappa shape index (κ3) is 2.70. The Morgan fingerprint density at radius 3 is 2.88 bits per heavy atom. The minimum Gasteiger partial charge on any atom is -0.454 e. The molecule has 2 heterocycles. The van der Waals surface area contributed by atoms with Gasteiger partial charge in [-0.1, -0.05) is 6.07 Å². The molecule has 5 heteroatoms. The van der Waals surface area contributed by atoms with Crippen LogP contribution in [-0.4, -0.2) is 36.0 Å². The maximum atomic E-state index is 12.6. The molecule has 2 unspecified atom stereocenters. The standard InChI is InChI=1S/C19H25NO4/c1-19(2,3)24-18(21)20-8-4-5-13-9-14-12(10-15(13)20)6-7-16-17(14)23-11-22-16/h6-7,13,15H,4-5,8-11H2,1-3H3. The molecule has 2 aliphatic heterocycles. The number of hydrogen-bond acceptors (Lipinski definition) is 4. The number of hydrogen-bond donors (Lipinski definition) is 0. The number of ether oxygens (including phenoxy) is 3. The molecule has 3 aliphatic rings. The Morgan fingerprint density at radius 1 is 1.25 bits per heavy atom. The molecule has 0 bridgehead atoms. The highest BCUT2D eigenvalue weighted by Gasteiger charge is 2.41. The van der Waals surface area contributed by atoms with Crippen LogP contribution in [-0.2, 0) is 17.6 Å². The average Bonchev–Trinajstić information content (AvgIpc) is 2.99. The first-order valence-electron chi connectivity index (χ1n) is 8.82. The summed E-state index contributed by atoms with van der Waals surface area (Å²) >= 11 is 0. The van der Waals surface area contributed by atoms with Crippen molar-refractivity contribution >= 4 is 6.09 Å². The first-order chi connectivity index (χ1) is 11.4. The van der Waals surface area contributed by atoms with E-state index in [1.165, 1.54) is 11.1 Å². The van der Waals surface area contributed by atoms with Crippen molar-refractivity contribution in [1.29, 1.82) is 0 Å². The van der Waals surface area contributed by atoms with Gasteiger partial charge >= 0.3 is 6.09 Å². The van der Waals surface area contributed by atoms with Crippen molar-refractivity contribution in [2.24, 2.45) is 5.92 Å². The predicted molar refractivity (Wildman–Crippen MR) is 89.4 cm³/mol. The maximum absolute atomic E-state index is 12.6. The van der Waals surface area contributed by atoms with Gasteiger partial charge < -0.3 is 19.1 Å². The molecule has 24 heavy (non-hydrogen) atoms. The van der Waals surface area contributed by atoms with E-state index in [4.69, 9.17) is 14.2 Å². The quantitative estimate of drug-likeness (QED) is 0.730. The van der Waals surface area contributed by atoms with Crippen molar-refractivity contribution in [3.63, 3.8) is 0 Å². The highest BCUT2D eigenvalue weighted by molar-refractivity contribution is 5.69. The van der Waals surface area contributed by atoms with E-state index in [1.807, 2.05) is 31.7 Å². The summed E-state index contributed by atoms with van der Waals surface area (Å²) in [5.74, 6) is 2.24. The van der Waals surface area contributed by atoms with Crippen molar-refractivity contribution in [2.45, 2.75) is 58.1 Å². The van der Waals surface area contributed by atoms with Crippen LogP contribution in [0.4, 0.5) is 4.79 Å². The van der Waals surface area contributed by atoms with Crippen LogP contribution >= 0.6 is 0 Å². The number of carbonyl (C=O) groups excluding carboxylic acids is 1. The summed E-state index contributed by atoms with van der Waals surface area (Å²) in [5, 5.41) is 0. The van der Waals surface area contributed by atoms with Crippen LogP contribution in [0.3, 0.4) is 0 Å². The minimum absolute atomic E-state index is 0.179. The van der Waals surface area contributed by atoms with Crippen LogP contribution in [0.5, 0.6) is 11.5 Å². The van der Waals surface area contributed by atoms with Crippen LogP contribution in [0.2, 0.25) is 0 Å². The second-order valence-corrected chi connectivity index (χ2v) is 7.99. The molecular weight excluding hydrogens is 306 g/mol. The van der Waals surface area contributed by atoms with Crippen molar-refractivity contribution in [1.82, 2.24) is 4.90 Å². The van der Waals surface area contributed by atoms with Crippen molar-refractivity contribution in [3.8, 4) is 11.5 Å². The van der Waals surface area contributed by atoms with Gasteiger partial charge in [0.1, 0.15) is 5.60 Å². The molecule has 5 nitrogen and oxygen atoms in total. The third-order valence-corrected chi connectivity index (χ3v) is 5.18. The number of carbonyl (C=O) groups is 1. The summed E-state index contributed by atoms with van der Waals surface area (Å²) in [7, 11) is 0. The summed E-state index contributed by atoms with van der Waals surface area (Å²) in [6.45, 7) is 6.86. The smallest absolute Gasteiger partial charge is 0.410 e. The zero-order valence-corrected chi connectivity index (χ0v) is 14.6. The Balaban J connectivity index is 1.60. The van der Waals surface area contributed by atoms with E-state index in [2.05, 4.69) is 6.07 Å². The molecule has 130 valence electrons. The lowest BCUT2D eigenvalue weighted by molar-refractivity contribution is -0.00142. The zero-order chi connectivity index (χ0) is 16.9. The van der Waals surface area contributed by atoms with Gasteiger partial charge in [0.2, 0.25) is 6.79 Å². The number of likely N-dealkylation sites (tertiary alicyclic amines) is 1. The molecule has 0 saturated carbocycles. The Labute approximate surface area is 142 Å². The van der Waals surface area contributed by atoms with Crippen LogP contribution in [0.1, 0.15) is 44.7 Å². The molecule has 1 fully saturated rings. The van der Waals surface area contributed by atoms with Gasteiger partial charge in [0, 0.05) is 18.2 Å². The fourth-order valence-electron chi connectivity index (χ4n) is 4.17. The largest absolute Gasteiger partial charge is 0.454 e. The summed E-state index contributed by atoms with van der Waals surface area (Å²) in [5.41, 5.74) is 2.09. The molecule has 0 radical (unpaired) electrons. The van der Waals surface area contributed by atoms with Crippen molar-refractivity contribution in [3.05, 3.63) is 23.3 Å². The van der Waals surface area contributed by atoms with Crippen LogP contribution in [0.15, 0.2) is 12.1 Å². The summed E-state index contributed by atoms with van der Waals surface area (Å²) in [6, 6.07) is 4.34. The SMILES string of the molecule is CC(C)(C)OC(=O)N1CCCC2Cc3c(ccc4c3OCO4)CC21. The van der Waals surface area contributed by atoms with Gasteiger partial charge in [-0.25, -0.2) is 4.79 Å². The molecule has 0 N–H and O–H groups in total. The summed E-state index contributed by atoms with van der Waals surface area (Å²) in [6.07, 6.45) is 3.82. The van der Waals surface area contributed by atoms with E-state index >= 15 is 0 Å². The van der Waals surface area contributed by atoms with Gasteiger partial charge in [0.15, 0.2) is 11.5 Å². The Bertz CT molecular complexity index is 664. The number of amides is 1. The monoisotopic (exact) mass is 331 g/mol. The van der Waals surface area contributed by atoms with E-state index in [-0.39, 0.29) is 12.1 Å². The number of nitrogens with zero attached hydrogens (tertiary/aromatic N) is 1. The molecule has 0 aromatic heterocycles. The van der Waals surface area contributed by atoms with Crippen LogP contribution in [0, 0.1) is 5.92 Å². The average molecular weight is 331 g/mol. The number of rotatable bonds is 0. The van der Waals surface area contributed by atoms with E-state index in [0.717, 1.165) is 43.7 Å². The first kappa shape index (κ1) is 15.6. The minimum atomic E-state index is -0.456. The maximum Gasteiger partial charge on any atom is 0.410 e. The molecular formula is C19H25NO4. The Morgan fingerprint density at radius 2 is 2.08 bits per heavy atom.